The fraction of sp³-hybridized carbons (Fsp3) is 0.652. The molecule has 0 spiro atoms. The molecule has 4 nitrogen and oxygen atoms in total. The van der Waals surface area contributed by atoms with Gasteiger partial charge in [-0.2, -0.15) is 0 Å². The maximum atomic E-state index is 14.0. The summed E-state index contributed by atoms with van der Waals surface area (Å²) in [6.07, 6.45) is 3.88. The molecule has 1 aliphatic heterocycles. The number of likely N-dealkylation sites (tertiary alicyclic amines) is 1. The number of nitrogens with zero attached hydrogens (tertiary/aromatic N) is 1. The van der Waals surface area contributed by atoms with Crippen molar-refractivity contribution in [3.05, 3.63) is 35.6 Å². The van der Waals surface area contributed by atoms with Crippen LogP contribution in [0.5, 0.6) is 0 Å². The number of halogens is 1. The second kappa shape index (κ2) is 7.49. The summed E-state index contributed by atoms with van der Waals surface area (Å²) in [6, 6.07) is 5.49. The number of benzene rings is 1. The fourth-order valence-corrected chi connectivity index (χ4v) is 5.44. The van der Waals surface area contributed by atoms with Gasteiger partial charge in [0.2, 0.25) is 5.91 Å². The minimum absolute atomic E-state index is 0.0168. The van der Waals surface area contributed by atoms with Crippen molar-refractivity contribution in [1.29, 1.82) is 0 Å². The van der Waals surface area contributed by atoms with Gasteiger partial charge in [-0.1, -0.05) is 53.2 Å². The minimum atomic E-state index is -0.636. The summed E-state index contributed by atoms with van der Waals surface area (Å²) < 4.78 is 14.0. The van der Waals surface area contributed by atoms with Crippen LogP contribution in [-0.4, -0.2) is 35.3 Å². The molecule has 3 rings (SSSR count). The highest BCUT2D eigenvalue weighted by atomic mass is 19.1. The number of carbonyl (C=O) groups is 2. The van der Waals surface area contributed by atoms with E-state index in [1.807, 2.05) is 18.7 Å². The Balaban J connectivity index is 1.81. The van der Waals surface area contributed by atoms with E-state index in [2.05, 4.69) is 26.1 Å². The number of amides is 2. The molecule has 1 saturated carbocycles. The Morgan fingerprint density at radius 1 is 1.25 bits per heavy atom. The van der Waals surface area contributed by atoms with Crippen LogP contribution in [0.15, 0.2) is 24.3 Å². The van der Waals surface area contributed by atoms with Crippen molar-refractivity contribution in [2.75, 3.05) is 6.54 Å². The molecule has 4 unspecified atom stereocenters. The zero-order valence-corrected chi connectivity index (χ0v) is 17.7. The molecule has 2 aliphatic rings. The molecule has 154 valence electrons. The third kappa shape index (κ3) is 4.08. The Bertz CT molecular complexity index is 763. The Labute approximate surface area is 167 Å². The van der Waals surface area contributed by atoms with Crippen LogP contribution < -0.4 is 5.32 Å². The van der Waals surface area contributed by atoms with Crippen molar-refractivity contribution < 1.29 is 14.0 Å². The quantitative estimate of drug-likeness (QED) is 0.813. The van der Waals surface area contributed by atoms with Crippen LogP contribution in [0.4, 0.5) is 4.39 Å². The maximum absolute atomic E-state index is 14.0. The monoisotopic (exact) mass is 388 g/mol. The van der Waals surface area contributed by atoms with Gasteiger partial charge < -0.3 is 10.2 Å². The van der Waals surface area contributed by atoms with Crippen LogP contribution in [0, 0.1) is 22.6 Å². The van der Waals surface area contributed by atoms with Crippen molar-refractivity contribution in [2.24, 2.45) is 16.7 Å². The highest BCUT2D eigenvalue weighted by Crippen LogP contribution is 2.52. The van der Waals surface area contributed by atoms with Crippen LogP contribution in [0.2, 0.25) is 0 Å². The molecule has 2 bridgehead atoms. The summed E-state index contributed by atoms with van der Waals surface area (Å²) in [5, 5.41) is 2.84. The zero-order chi connectivity index (χ0) is 20.7. The average Bonchev–Trinajstić information content (AvgIpc) is 2.87. The van der Waals surface area contributed by atoms with Crippen molar-refractivity contribution in [3.8, 4) is 0 Å². The van der Waals surface area contributed by atoms with E-state index < -0.39 is 17.8 Å². The molecule has 1 aliphatic carbocycles. The van der Waals surface area contributed by atoms with Gasteiger partial charge in [0.05, 0.1) is 5.56 Å². The molecule has 1 aromatic rings. The summed E-state index contributed by atoms with van der Waals surface area (Å²) in [6.45, 7) is 11.5. The third-order valence-corrected chi connectivity index (χ3v) is 6.58. The highest BCUT2D eigenvalue weighted by molar-refractivity contribution is 5.98. The minimum Gasteiger partial charge on any atom is -0.340 e. The van der Waals surface area contributed by atoms with E-state index in [9.17, 15) is 14.0 Å². The van der Waals surface area contributed by atoms with E-state index in [4.69, 9.17) is 0 Å². The number of rotatable bonds is 5. The first-order valence-corrected chi connectivity index (χ1v) is 10.4. The first kappa shape index (κ1) is 20.8. The lowest BCUT2D eigenvalue weighted by molar-refractivity contribution is -0.135. The van der Waals surface area contributed by atoms with Crippen LogP contribution in [0.25, 0.3) is 0 Å². The van der Waals surface area contributed by atoms with Gasteiger partial charge >= 0.3 is 0 Å². The normalized spacial score (nSPS) is 27.9. The SMILES string of the molecule is CCC(C)C(NC(=O)c1ccccc1F)C(=O)N1CC2(C)CC1CC(C)(C)C2. The first-order valence-electron chi connectivity index (χ1n) is 10.4. The van der Waals surface area contributed by atoms with Crippen molar-refractivity contribution in [3.63, 3.8) is 0 Å². The Morgan fingerprint density at radius 3 is 2.57 bits per heavy atom. The smallest absolute Gasteiger partial charge is 0.254 e. The van der Waals surface area contributed by atoms with Crippen molar-refractivity contribution in [1.82, 2.24) is 10.2 Å². The second-order valence-corrected chi connectivity index (χ2v) is 10.00. The Kier molecular flexibility index (Phi) is 5.57. The lowest BCUT2D eigenvalue weighted by Crippen LogP contribution is -2.53. The van der Waals surface area contributed by atoms with Crippen LogP contribution in [-0.2, 0) is 4.79 Å². The molecular weight excluding hydrogens is 355 g/mol. The predicted octanol–water partition coefficient (Wildman–Crippen LogP) is 4.40. The topological polar surface area (TPSA) is 49.4 Å². The molecule has 1 saturated heterocycles. The third-order valence-electron chi connectivity index (χ3n) is 6.58. The van der Waals surface area contributed by atoms with E-state index in [0.717, 1.165) is 32.2 Å². The fourth-order valence-electron chi connectivity index (χ4n) is 5.44. The summed E-state index contributed by atoms with van der Waals surface area (Å²) in [4.78, 5) is 28.2. The van der Waals surface area contributed by atoms with Gasteiger partial charge in [-0.25, -0.2) is 4.39 Å². The lowest BCUT2D eigenvalue weighted by atomic mass is 9.65. The van der Waals surface area contributed by atoms with E-state index in [1.165, 1.54) is 12.1 Å². The maximum Gasteiger partial charge on any atom is 0.254 e. The second-order valence-electron chi connectivity index (χ2n) is 10.00. The first-order chi connectivity index (χ1) is 13.1. The predicted molar refractivity (Wildman–Crippen MR) is 108 cm³/mol. The number of fused-ring (bicyclic) bond motifs is 2. The molecule has 0 radical (unpaired) electrons. The van der Waals surface area contributed by atoms with Crippen LogP contribution in [0.1, 0.15) is 70.7 Å². The highest BCUT2D eigenvalue weighted by Gasteiger charge is 2.52. The average molecular weight is 389 g/mol. The molecule has 28 heavy (non-hydrogen) atoms. The van der Waals surface area contributed by atoms with E-state index in [0.29, 0.717) is 0 Å². The van der Waals surface area contributed by atoms with Gasteiger partial charge in [-0.15, -0.1) is 0 Å². The molecule has 4 atom stereocenters. The molecule has 5 heteroatoms. The van der Waals surface area contributed by atoms with Crippen LogP contribution >= 0.6 is 0 Å². The molecule has 0 aromatic heterocycles. The number of carbonyl (C=O) groups excluding carboxylic acids is 2. The van der Waals surface area contributed by atoms with Gasteiger partial charge in [-0.05, 0) is 48.1 Å². The molecule has 2 amide bonds. The number of hydrogen-bond donors (Lipinski definition) is 1. The van der Waals surface area contributed by atoms with Crippen LogP contribution in [0.3, 0.4) is 0 Å². The van der Waals surface area contributed by atoms with Gasteiger partial charge in [0.1, 0.15) is 11.9 Å². The van der Waals surface area contributed by atoms with E-state index >= 15 is 0 Å². The largest absolute Gasteiger partial charge is 0.340 e. The number of hydrogen-bond acceptors (Lipinski definition) is 2. The molecular formula is C23H33FN2O2. The molecule has 1 aromatic carbocycles. The summed E-state index contributed by atoms with van der Waals surface area (Å²) in [5.41, 5.74) is 0.337. The van der Waals surface area contributed by atoms with Gasteiger partial charge in [0.25, 0.3) is 5.91 Å². The summed E-state index contributed by atoms with van der Waals surface area (Å²) in [5.74, 6) is -1.14. The lowest BCUT2D eigenvalue weighted by Gasteiger charge is -2.39. The van der Waals surface area contributed by atoms with Gasteiger partial charge in [0, 0.05) is 12.6 Å². The standard InChI is InChI=1S/C23H33FN2O2/c1-6-15(2)19(25-20(27)17-9-7-8-10-18(17)24)21(28)26-14-23(5)12-16(26)11-22(3,4)13-23/h7-10,15-16,19H,6,11-14H2,1-5H3,(H,25,27). The van der Waals surface area contributed by atoms with Gasteiger partial charge in [0.15, 0.2) is 0 Å². The van der Waals surface area contributed by atoms with E-state index in [-0.39, 0.29) is 34.3 Å². The summed E-state index contributed by atoms with van der Waals surface area (Å²) in [7, 11) is 0. The molecule has 2 fully saturated rings. The Morgan fingerprint density at radius 2 is 1.93 bits per heavy atom. The zero-order valence-electron chi connectivity index (χ0n) is 17.7. The number of nitrogens with one attached hydrogen (secondary N) is 1. The van der Waals surface area contributed by atoms with E-state index in [1.54, 1.807) is 12.1 Å². The molecule has 1 heterocycles. The summed E-state index contributed by atoms with van der Waals surface area (Å²) >= 11 is 0. The van der Waals surface area contributed by atoms with Gasteiger partial charge in [-0.3, -0.25) is 9.59 Å². The Hall–Kier alpha value is -1.91. The molecule has 1 N–H and O–H groups in total. The van der Waals surface area contributed by atoms with Crippen molar-refractivity contribution >= 4 is 11.8 Å². The van der Waals surface area contributed by atoms with Crippen molar-refractivity contribution in [2.45, 2.75) is 72.4 Å².